The van der Waals surface area contributed by atoms with E-state index in [1.54, 1.807) is 4.90 Å². The van der Waals surface area contributed by atoms with Gasteiger partial charge in [0, 0.05) is 25.8 Å². The van der Waals surface area contributed by atoms with Crippen LogP contribution in [0.2, 0.25) is 0 Å². The Labute approximate surface area is 164 Å². The lowest BCUT2D eigenvalue weighted by Crippen LogP contribution is -2.53. The number of amides is 1. The number of carbonyl (C=O) groups is 2. The zero-order valence-corrected chi connectivity index (χ0v) is 16.0. The molecule has 0 radical (unpaired) electrons. The van der Waals surface area contributed by atoms with Gasteiger partial charge in [-0.3, -0.25) is 9.59 Å². The largest absolute Gasteiger partial charge is 0.483 e. The summed E-state index contributed by atoms with van der Waals surface area (Å²) in [6.45, 7) is 0.621. The smallest absolute Gasteiger partial charge is 0.313 e. The van der Waals surface area contributed by atoms with Gasteiger partial charge in [0.05, 0.1) is 6.61 Å². The molecule has 148 valence electrons. The van der Waals surface area contributed by atoms with E-state index in [1.807, 2.05) is 54.6 Å². The van der Waals surface area contributed by atoms with E-state index in [0.717, 1.165) is 11.1 Å². The van der Waals surface area contributed by atoms with Gasteiger partial charge in [-0.2, -0.15) is 0 Å². The fourth-order valence-corrected chi connectivity index (χ4v) is 3.65. The van der Waals surface area contributed by atoms with Crippen molar-refractivity contribution in [3.05, 3.63) is 54.6 Å². The number of piperidine rings is 1. The normalized spacial score (nSPS) is 19.2. The third-order valence-electron chi connectivity index (χ3n) is 5.13. The molecule has 1 aliphatic rings. The van der Waals surface area contributed by atoms with Crippen LogP contribution in [0.15, 0.2) is 54.6 Å². The molecule has 3 rings (SSSR count). The molecule has 0 aliphatic carbocycles. The molecule has 1 atom stereocenters. The van der Waals surface area contributed by atoms with Crippen molar-refractivity contribution in [3.8, 4) is 16.9 Å². The number of nitrogens with zero attached hydrogens (tertiary/aromatic N) is 1. The Morgan fingerprint density at radius 3 is 2.54 bits per heavy atom. The first-order chi connectivity index (χ1) is 13.6. The van der Waals surface area contributed by atoms with Crippen molar-refractivity contribution in [3.63, 3.8) is 0 Å². The van der Waals surface area contributed by atoms with Crippen molar-refractivity contribution in [2.75, 3.05) is 33.4 Å². The van der Waals surface area contributed by atoms with E-state index in [9.17, 15) is 14.7 Å². The molecule has 1 unspecified atom stereocenters. The number of rotatable bonds is 7. The summed E-state index contributed by atoms with van der Waals surface area (Å²) in [4.78, 5) is 26.0. The highest BCUT2D eigenvalue weighted by atomic mass is 16.5. The second-order valence-electron chi connectivity index (χ2n) is 7.09. The van der Waals surface area contributed by atoms with Crippen LogP contribution in [0.25, 0.3) is 11.1 Å². The Hall–Kier alpha value is -2.86. The first-order valence-corrected chi connectivity index (χ1v) is 9.33. The van der Waals surface area contributed by atoms with Gasteiger partial charge in [0.2, 0.25) is 0 Å². The predicted octanol–water partition coefficient (Wildman–Crippen LogP) is 3.07. The highest BCUT2D eigenvalue weighted by molar-refractivity contribution is 5.81. The highest BCUT2D eigenvalue weighted by Crippen LogP contribution is 2.32. The van der Waals surface area contributed by atoms with E-state index < -0.39 is 11.4 Å². The molecule has 2 aromatic carbocycles. The minimum atomic E-state index is -1.05. The van der Waals surface area contributed by atoms with Crippen molar-refractivity contribution in [1.82, 2.24) is 4.90 Å². The van der Waals surface area contributed by atoms with E-state index in [0.29, 0.717) is 25.1 Å². The minimum absolute atomic E-state index is 0.0871. The number of hydrogen-bond donors (Lipinski definition) is 1. The molecular weight excluding hydrogens is 358 g/mol. The number of carboxylic acids is 1. The van der Waals surface area contributed by atoms with Gasteiger partial charge >= 0.3 is 5.97 Å². The van der Waals surface area contributed by atoms with Crippen LogP contribution in [-0.4, -0.2) is 55.3 Å². The molecule has 2 aromatic rings. The average Bonchev–Trinajstić information content (AvgIpc) is 2.73. The second-order valence-corrected chi connectivity index (χ2v) is 7.09. The maximum absolute atomic E-state index is 12.7. The van der Waals surface area contributed by atoms with Crippen LogP contribution in [0, 0.1) is 5.41 Å². The van der Waals surface area contributed by atoms with Gasteiger partial charge in [0.1, 0.15) is 11.2 Å². The molecule has 1 amide bonds. The van der Waals surface area contributed by atoms with Crippen LogP contribution in [-0.2, 0) is 14.3 Å². The van der Waals surface area contributed by atoms with Gasteiger partial charge in [-0.05, 0) is 24.5 Å². The summed E-state index contributed by atoms with van der Waals surface area (Å²) in [6, 6.07) is 17.4. The molecule has 1 heterocycles. The first-order valence-electron chi connectivity index (χ1n) is 9.33. The standard InChI is InChI=1S/C22H25NO5/c1-27-16-22(21(25)26)12-7-13-23(15-22)20(24)14-28-19-11-6-5-10-18(19)17-8-3-2-4-9-17/h2-6,8-11H,7,12-16H2,1H3,(H,25,26). The van der Waals surface area contributed by atoms with Crippen LogP contribution in [0.5, 0.6) is 5.75 Å². The van der Waals surface area contributed by atoms with Gasteiger partial charge in [0.15, 0.2) is 6.61 Å². The summed E-state index contributed by atoms with van der Waals surface area (Å²) in [6.07, 6.45) is 1.12. The number of carbonyl (C=O) groups excluding carboxylic acids is 1. The number of aliphatic carboxylic acids is 1. The van der Waals surface area contributed by atoms with E-state index in [2.05, 4.69) is 0 Å². The Bertz CT molecular complexity index is 819. The van der Waals surface area contributed by atoms with Gasteiger partial charge in [0.25, 0.3) is 5.91 Å². The van der Waals surface area contributed by atoms with Crippen LogP contribution < -0.4 is 4.74 Å². The maximum Gasteiger partial charge on any atom is 0.313 e. The zero-order valence-electron chi connectivity index (χ0n) is 16.0. The topological polar surface area (TPSA) is 76.1 Å². The Balaban J connectivity index is 1.69. The summed E-state index contributed by atoms with van der Waals surface area (Å²) in [7, 11) is 1.48. The Morgan fingerprint density at radius 2 is 1.82 bits per heavy atom. The molecule has 6 nitrogen and oxygen atoms in total. The molecule has 0 aromatic heterocycles. The fourth-order valence-electron chi connectivity index (χ4n) is 3.65. The molecule has 6 heteroatoms. The molecule has 0 spiro atoms. The lowest BCUT2D eigenvalue weighted by atomic mass is 9.80. The monoisotopic (exact) mass is 383 g/mol. The van der Waals surface area contributed by atoms with Crippen LogP contribution >= 0.6 is 0 Å². The van der Waals surface area contributed by atoms with E-state index in [1.165, 1.54) is 7.11 Å². The number of para-hydroxylation sites is 1. The molecule has 0 bridgehead atoms. The number of benzene rings is 2. The number of methoxy groups -OCH3 is 1. The molecule has 1 N–H and O–H groups in total. The van der Waals surface area contributed by atoms with Gasteiger partial charge in [-0.1, -0.05) is 48.5 Å². The first kappa shape index (κ1) is 19.9. The molecule has 1 fully saturated rings. The molecule has 28 heavy (non-hydrogen) atoms. The molecular formula is C22H25NO5. The lowest BCUT2D eigenvalue weighted by Gasteiger charge is -2.39. The second kappa shape index (κ2) is 8.89. The van der Waals surface area contributed by atoms with E-state index in [4.69, 9.17) is 9.47 Å². The maximum atomic E-state index is 12.7. The zero-order chi connectivity index (χ0) is 20.0. The van der Waals surface area contributed by atoms with E-state index in [-0.39, 0.29) is 25.7 Å². The molecule has 1 aliphatic heterocycles. The highest BCUT2D eigenvalue weighted by Gasteiger charge is 2.43. The third kappa shape index (κ3) is 4.34. The van der Waals surface area contributed by atoms with Crippen molar-refractivity contribution in [2.24, 2.45) is 5.41 Å². The van der Waals surface area contributed by atoms with Crippen molar-refractivity contribution in [1.29, 1.82) is 0 Å². The van der Waals surface area contributed by atoms with Crippen molar-refractivity contribution >= 4 is 11.9 Å². The Kier molecular flexibility index (Phi) is 6.31. The number of ether oxygens (including phenoxy) is 2. The summed E-state index contributed by atoms with van der Waals surface area (Å²) in [5.74, 6) is -0.521. The fraction of sp³-hybridized carbons (Fsp3) is 0.364. The average molecular weight is 383 g/mol. The predicted molar refractivity (Wildman–Crippen MR) is 105 cm³/mol. The van der Waals surface area contributed by atoms with Crippen LogP contribution in [0.1, 0.15) is 12.8 Å². The van der Waals surface area contributed by atoms with Crippen LogP contribution in [0.4, 0.5) is 0 Å². The summed E-state index contributed by atoms with van der Waals surface area (Å²) in [5.41, 5.74) is 0.868. The molecule has 1 saturated heterocycles. The Morgan fingerprint density at radius 1 is 1.11 bits per heavy atom. The number of likely N-dealkylation sites (tertiary alicyclic amines) is 1. The number of hydrogen-bond acceptors (Lipinski definition) is 4. The molecule has 0 saturated carbocycles. The van der Waals surface area contributed by atoms with E-state index >= 15 is 0 Å². The summed E-state index contributed by atoms with van der Waals surface area (Å²) >= 11 is 0. The quantitative estimate of drug-likeness (QED) is 0.795. The SMILES string of the molecule is COCC1(C(=O)O)CCCN(C(=O)COc2ccccc2-c2ccccc2)C1. The summed E-state index contributed by atoms with van der Waals surface area (Å²) < 4.78 is 10.9. The van der Waals surface area contributed by atoms with Crippen molar-refractivity contribution in [2.45, 2.75) is 12.8 Å². The lowest BCUT2D eigenvalue weighted by molar-refractivity contribution is -0.159. The summed E-state index contributed by atoms with van der Waals surface area (Å²) in [5, 5.41) is 9.64. The van der Waals surface area contributed by atoms with Gasteiger partial charge < -0.3 is 19.5 Å². The van der Waals surface area contributed by atoms with Gasteiger partial charge in [-0.25, -0.2) is 0 Å². The number of carboxylic acid groups (broad SMARTS) is 1. The van der Waals surface area contributed by atoms with Crippen LogP contribution in [0.3, 0.4) is 0 Å². The minimum Gasteiger partial charge on any atom is -0.483 e. The third-order valence-corrected chi connectivity index (χ3v) is 5.13. The van der Waals surface area contributed by atoms with Gasteiger partial charge in [-0.15, -0.1) is 0 Å². The van der Waals surface area contributed by atoms with Crippen molar-refractivity contribution < 1.29 is 24.2 Å².